The number of nitro groups is 4. The maximum absolute atomic E-state index is 10.9. The van der Waals surface area contributed by atoms with Gasteiger partial charge >= 0.3 is 11.4 Å². The van der Waals surface area contributed by atoms with Crippen molar-refractivity contribution in [2.24, 2.45) is 10.2 Å². The van der Waals surface area contributed by atoms with E-state index in [0.29, 0.717) is 24.6 Å². The summed E-state index contributed by atoms with van der Waals surface area (Å²) in [5.41, 5.74) is -4.22. The third-order valence-corrected chi connectivity index (χ3v) is 3.48. The van der Waals surface area contributed by atoms with E-state index in [1.807, 2.05) is 0 Å². The first-order valence-corrected chi connectivity index (χ1v) is 7.41. The summed E-state index contributed by atoms with van der Waals surface area (Å²) in [6.07, 6.45) is 1.41. The Morgan fingerprint density at radius 1 is 0.633 bits per heavy atom. The largest absolute Gasteiger partial charge is 0.502 e. The number of benzene rings is 2. The average molecular weight is 420 g/mol. The predicted molar refractivity (Wildman–Crippen MR) is 98.0 cm³/mol. The summed E-state index contributed by atoms with van der Waals surface area (Å²) in [5, 5.41) is 69.9. The van der Waals surface area contributed by atoms with Crippen LogP contribution in [-0.2, 0) is 0 Å². The number of phenols is 2. The van der Waals surface area contributed by atoms with E-state index in [0.717, 1.165) is 12.1 Å². The number of phenolic OH excluding ortho intramolecular Hbond substituents is 2. The van der Waals surface area contributed by atoms with Crippen molar-refractivity contribution in [1.82, 2.24) is 0 Å². The Hall–Kier alpha value is -5.02. The highest BCUT2D eigenvalue weighted by molar-refractivity contribution is 5.89. The number of hydrogen-bond donors (Lipinski definition) is 2. The Morgan fingerprint density at radius 3 is 1.23 bits per heavy atom. The zero-order valence-electron chi connectivity index (χ0n) is 14.3. The molecular weight excluding hydrogens is 412 g/mol. The summed E-state index contributed by atoms with van der Waals surface area (Å²) < 4.78 is 0. The minimum absolute atomic E-state index is 0.442. The molecule has 0 spiro atoms. The van der Waals surface area contributed by atoms with Crippen molar-refractivity contribution in [3.05, 3.63) is 75.8 Å². The molecule has 0 saturated heterocycles. The number of hydrogen-bond acceptors (Lipinski definition) is 12. The van der Waals surface area contributed by atoms with Crippen LogP contribution in [0.3, 0.4) is 0 Å². The fraction of sp³-hybridized carbons (Fsp3) is 0. The van der Waals surface area contributed by atoms with E-state index in [9.17, 15) is 50.7 Å². The van der Waals surface area contributed by atoms with Crippen LogP contribution >= 0.6 is 0 Å². The van der Waals surface area contributed by atoms with E-state index in [1.165, 1.54) is 0 Å². The van der Waals surface area contributed by atoms with Crippen LogP contribution in [0.5, 0.6) is 11.5 Å². The van der Waals surface area contributed by atoms with Crippen LogP contribution in [0.25, 0.3) is 0 Å². The lowest BCUT2D eigenvalue weighted by Crippen LogP contribution is -1.97. The van der Waals surface area contributed by atoms with Gasteiger partial charge in [0, 0.05) is 12.1 Å². The van der Waals surface area contributed by atoms with Gasteiger partial charge in [0.15, 0.2) is 0 Å². The molecule has 154 valence electrons. The zero-order chi connectivity index (χ0) is 22.6. The van der Waals surface area contributed by atoms with Crippen LogP contribution in [0.15, 0.2) is 34.5 Å². The van der Waals surface area contributed by atoms with Gasteiger partial charge in [-0.2, -0.15) is 10.2 Å². The van der Waals surface area contributed by atoms with Crippen molar-refractivity contribution < 1.29 is 29.9 Å². The fourth-order valence-electron chi connectivity index (χ4n) is 2.13. The summed E-state index contributed by atoms with van der Waals surface area (Å²) in [7, 11) is 0. The Kier molecular flexibility index (Phi) is 5.91. The van der Waals surface area contributed by atoms with Crippen molar-refractivity contribution in [2.75, 3.05) is 0 Å². The third kappa shape index (κ3) is 4.44. The van der Waals surface area contributed by atoms with Gasteiger partial charge in [-0.3, -0.25) is 40.5 Å². The van der Waals surface area contributed by atoms with Crippen molar-refractivity contribution in [2.45, 2.75) is 0 Å². The Balaban J connectivity index is 2.45. The zero-order valence-corrected chi connectivity index (χ0v) is 14.3. The van der Waals surface area contributed by atoms with Gasteiger partial charge in [0.05, 0.1) is 55.4 Å². The Morgan fingerprint density at radius 2 is 0.967 bits per heavy atom. The number of nitrogens with zero attached hydrogens (tertiary/aromatic N) is 6. The topological polar surface area (TPSA) is 238 Å². The van der Waals surface area contributed by atoms with Crippen molar-refractivity contribution in [3.8, 4) is 11.5 Å². The van der Waals surface area contributed by atoms with Crippen LogP contribution < -0.4 is 0 Å². The molecule has 0 atom stereocenters. The van der Waals surface area contributed by atoms with Gasteiger partial charge in [0.1, 0.15) is 0 Å². The molecule has 0 bridgehead atoms. The van der Waals surface area contributed by atoms with Gasteiger partial charge in [0.2, 0.25) is 11.5 Å². The highest BCUT2D eigenvalue weighted by Gasteiger charge is 2.24. The van der Waals surface area contributed by atoms with Crippen LogP contribution in [0.2, 0.25) is 0 Å². The van der Waals surface area contributed by atoms with E-state index in [4.69, 9.17) is 0 Å². The van der Waals surface area contributed by atoms with Crippen molar-refractivity contribution in [3.63, 3.8) is 0 Å². The lowest BCUT2D eigenvalue weighted by atomic mass is 10.1. The fourth-order valence-corrected chi connectivity index (χ4v) is 2.13. The van der Waals surface area contributed by atoms with Crippen molar-refractivity contribution >= 4 is 35.2 Å². The molecule has 0 aromatic heterocycles. The summed E-state index contributed by atoms with van der Waals surface area (Å²) in [6, 6.07) is 2.63. The van der Waals surface area contributed by atoms with E-state index < -0.39 is 65.1 Å². The molecule has 0 fully saturated rings. The second kappa shape index (κ2) is 8.33. The molecule has 16 heteroatoms. The molecule has 0 aliphatic heterocycles. The lowest BCUT2D eigenvalue weighted by molar-refractivity contribution is -0.395. The summed E-state index contributed by atoms with van der Waals surface area (Å²) in [4.78, 5) is 39.5. The number of rotatable bonds is 7. The first-order chi connectivity index (χ1) is 14.0. The molecule has 0 radical (unpaired) electrons. The first kappa shape index (κ1) is 21.3. The second-order valence-electron chi connectivity index (χ2n) is 5.32. The van der Waals surface area contributed by atoms with Gasteiger partial charge in [0.25, 0.3) is 11.4 Å². The monoisotopic (exact) mass is 420 g/mol. The Labute approximate surface area is 163 Å². The first-order valence-electron chi connectivity index (χ1n) is 7.41. The molecule has 2 aromatic rings. The minimum Gasteiger partial charge on any atom is -0.502 e. The predicted octanol–water partition coefficient (Wildman–Crippen LogP) is 2.18. The highest BCUT2D eigenvalue weighted by atomic mass is 16.6. The van der Waals surface area contributed by atoms with Crippen LogP contribution in [0.4, 0.5) is 22.7 Å². The van der Waals surface area contributed by atoms with Gasteiger partial charge in [-0.1, -0.05) is 0 Å². The van der Waals surface area contributed by atoms with Gasteiger partial charge in [-0.05, 0) is 0 Å². The van der Waals surface area contributed by atoms with Crippen LogP contribution in [0, 0.1) is 40.5 Å². The Bertz CT molecular complexity index is 1050. The highest BCUT2D eigenvalue weighted by Crippen LogP contribution is 2.34. The maximum atomic E-state index is 10.9. The smallest absolute Gasteiger partial charge is 0.318 e. The molecule has 0 aliphatic rings. The molecule has 2 rings (SSSR count). The van der Waals surface area contributed by atoms with E-state index in [1.54, 1.807) is 0 Å². The number of aromatic hydroxyl groups is 2. The lowest BCUT2D eigenvalue weighted by Gasteiger charge is -2.01. The standard InChI is InChI=1S/C14H8N6O10/c21-13-7(1-9(17(23)24)3-11(13)19(27)28)5-15-16-6-8-2-10(18(25)26)4-12(14(8)22)20(29)30/h1-6,21-22H/b15-5-,16-6-. The van der Waals surface area contributed by atoms with E-state index in [2.05, 4.69) is 10.2 Å². The van der Waals surface area contributed by atoms with Gasteiger partial charge < -0.3 is 10.2 Å². The molecule has 30 heavy (non-hydrogen) atoms. The maximum Gasteiger partial charge on any atom is 0.318 e. The average Bonchev–Trinajstić information content (AvgIpc) is 2.66. The summed E-state index contributed by atoms with van der Waals surface area (Å²) in [6.45, 7) is 0. The van der Waals surface area contributed by atoms with Crippen molar-refractivity contribution in [1.29, 1.82) is 0 Å². The van der Waals surface area contributed by atoms with Gasteiger partial charge in [-0.25, -0.2) is 0 Å². The molecule has 0 aliphatic carbocycles. The molecule has 0 unspecified atom stereocenters. The molecule has 2 aromatic carbocycles. The van der Waals surface area contributed by atoms with Crippen LogP contribution in [0.1, 0.15) is 11.1 Å². The molecule has 0 saturated carbocycles. The number of nitro benzene ring substituents is 4. The number of non-ortho nitro benzene ring substituents is 2. The summed E-state index contributed by atoms with van der Waals surface area (Å²) in [5.74, 6) is -1.86. The SMILES string of the molecule is O=[N+]([O-])c1cc(/C=N\N=C/c2cc([N+](=O)[O-])cc([N+](=O)[O-])c2O)c(O)c([N+](=O)[O-])c1. The quantitative estimate of drug-likeness (QED) is 0.376. The van der Waals surface area contributed by atoms with E-state index in [-0.39, 0.29) is 0 Å². The second-order valence-corrected chi connectivity index (χ2v) is 5.32. The minimum atomic E-state index is -1.05. The molecule has 0 heterocycles. The molecule has 2 N–H and O–H groups in total. The third-order valence-electron chi connectivity index (χ3n) is 3.48. The normalized spacial score (nSPS) is 11.1. The molecule has 16 nitrogen and oxygen atoms in total. The van der Waals surface area contributed by atoms with Gasteiger partial charge in [-0.15, -0.1) is 0 Å². The summed E-state index contributed by atoms with van der Waals surface area (Å²) >= 11 is 0. The molecule has 0 amide bonds. The molecular formula is C14H8N6O10. The van der Waals surface area contributed by atoms with Crippen LogP contribution in [-0.4, -0.2) is 42.3 Å². The van der Waals surface area contributed by atoms with E-state index >= 15 is 0 Å².